The number of hydrogen-bond donors (Lipinski definition) is 0. The molecular formula is C16H26O2Si. The molecule has 0 radical (unpaired) electrons. The predicted molar refractivity (Wildman–Crippen MR) is 83.3 cm³/mol. The fourth-order valence-electron chi connectivity index (χ4n) is 1.48. The maximum atomic E-state index is 11.4. The van der Waals surface area contributed by atoms with Crippen LogP contribution in [0.1, 0.15) is 39.7 Å². The number of rotatable bonds is 5. The summed E-state index contributed by atoms with van der Waals surface area (Å²) in [5.74, 6) is 1.19. The largest absolute Gasteiger partial charge is 0.544 e. The Hall–Kier alpha value is -1.09. The van der Waals surface area contributed by atoms with Crippen LogP contribution in [0.25, 0.3) is 0 Å². The van der Waals surface area contributed by atoms with Crippen LogP contribution in [0.3, 0.4) is 0 Å². The Balaban J connectivity index is 2.75. The maximum Gasteiger partial charge on any atom is 0.250 e. The lowest BCUT2D eigenvalue weighted by Crippen LogP contribution is -2.43. The van der Waals surface area contributed by atoms with Crippen LogP contribution in [0.4, 0.5) is 0 Å². The van der Waals surface area contributed by atoms with E-state index in [0.29, 0.717) is 12.8 Å². The second-order valence-electron chi connectivity index (χ2n) is 6.58. The first-order valence-electron chi connectivity index (χ1n) is 6.95. The van der Waals surface area contributed by atoms with Gasteiger partial charge < -0.3 is 4.43 Å². The summed E-state index contributed by atoms with van der Waals surface area (Å²) in [5, 5.41) is 0.198. The van der Waals surface area contributed by atoms with Crippen molar-refractivity contribution in [2.75, 3.05) is 0 Å². The molecular weight excluding hydrogens is 252 g/mol. The van der Waals surface area contributed by atoms with Crippen molar-refractivity contribution in [2.24, 2.45) is 0 Å². The predicted octanol–water partition coefficient (Wildman–Crippen LogP) is 4.59. The minimum Gasteiger partial charge on any atom is -0.544 e. The summed E-state index contributed by atoms with van der Waals surface area (Å²) in [6.07, 6.45) is 1.12. The van der Waals surface area contributed by atoms with Gasteiger partial charge in [-0.1, -0.05) is 39.8 Å². The monoisotopic (exact) mass is 278 g/mol. The summed E-state index contributed by atoms with van der Waals surface area (Å²) >= 11 is 0. The smallest absolute Gasteiger partial charge is 0.250 e. The molecule has 1 rings (SSSR count). The molecule has 0 bridgehead atoms. The average Bonchev–Trinajstić information content (AvgIpc) is 2.29. The van der Waals surface area contributed by atoms with E-state index in [2.05, 4.69) is 33.9 Å². The molecule has 106 valence electrons. The summed E-state index contributed by atoms with van der Waals surface area (Å²) < 4.78 is 6.21. The molecule has 0 fully saturated rings. The Morgan fingerprint density at radius 2 is 1.68 bits per heavy atom. The maximum absolute atomic E-state index is 11.4. The zero-order valence-corrected chi connectivity index (χ0v) is 14.0. The third-order valence-corrected chi connectivity index (χ3v) is 8.26. The molecule has 0 amide bonds. The molecule has 0 atom stereocenters. The Labute approximate surface area is 118 Å². The molecule has 0 aliphatic rings. The van der Waals surface area contributed by atoms with E-state index in [1.807, 2.05) is 31.2 Å². The highest BCUT2D eigenvalue weighted by atomic mass is 28.4. The summed E-state index contributed by atoms with van der Waals surface area (Å²) in [4.78, 5) is 11.4. The van der Waals surface area contributed by atoms with Gasteiger partial charge in [0.1, 0.15) is 11.5 Å². The normalized spacial score (nSPS) is 12.3. The molecule has 3 heteroatoms. The minimum absolute atomic E-state index is 0.198. The van der Waals surface area contributed by atoms with Crippen molar-refractivity contribution in [1.82, 2.24) is 0 Å². The van der Waals surface area contributed by atoms with E-state index in [9.17, 15) is 4.79 Å². The summed E-state index contributed by atoms with van der Waals surface area (Å²) in [7, 11) is -1.77. The van der Waals surface area contributed by atoms with Gasteiger partial charge in [-0.05, 0) is 35.8 Å². The minimum atomic E-state index is -1.77. The molecule has 0 heterocycles. The molecule has 1 aromatic carbocycles. The Morgan fingerprint density at radius 1 is 1.16 bits per heavy atom. The number of ketones is 1. The first-order valence-corrected chi connectivity index (χ1v) is 9.86. The van der Waals surface area contributed by atoms with Gasteiger partial charge in [-0.15, -0.1) is 0 Å². The molecule has 0 aliphatic carbocycles. The first-order chi connectivity index (χ1) is 8.65. The molecule has 0 aromatic heterocycles. The number of hydrogen-bond acceptors (Lipinski definition) is 2. The zero-order chi connectivity index (χ0) is 14.7. The average molecular weight is 278 g/mol. The number of carbonyl (C=O) groups is 1. The first kappa shape index (κ1) is 16.0. The fraction of sp³-hybridized carbons (Fsp3) is 0.562. The second-order valence-corrected chi connectivity index (χ2v) is 11.3. The highest BCUT2D eigenvalue weighted by Gasteiger charge is 2.38. The molecule has 0 unspecified atom stereocenters. The summed E-state index contributed by atoms with van der Waals surface area (Å²) in [5.41, 5.74) is 1.06. The fourth-order valence-corrected chi connectivity index (χ4v) is 2.51. The summed E-state index contributed by atoms with van der Waals surface area (Å²) in [6.45, 7) is 13.1. The van der Waals surface area contributed by atoms with Gasteiger partial charge in [-0.2, -0.15) is 0 Å². The van der Waals surface area contributed by atoms with E-state index in [1.165, 1.54) is 0 Å². The van der Waals surface area contributed by atoms with E-state index in [0.717, 1.165) is 11.3 Å². The van der Waals surface area contributed by atoms with Crippen LogP contribution in [-0.2, 0) is 11.2 Å². The van der Waals surface area contributed by atoms with Gasteiger partial charge >= 0.3 is 0 Å². The highest BCUT2D eigenvalue weighted by Crippen LogP contribution is 2.37. The molecule has 19 heavy (non-hydrogen) atoms. The van der Waals surface area contributed by atoms with Gasteiger partial charge in [0.25, 0.3) is 0 Å². The van der Waals surface area contributed by atoms with Gasteiger partial charge in [0.2, 0.25) is 8.32 Å². The number of benzene rings is 1. The van der Waals surface area contributed by atoms with Crippen molar-refractivity contribution in [2.45, 2.75) is 58.7 Å². The second kappa shape index (κ2) is 5.91. The van der Waals surface area contributed by atoms with Crippen molar-refractivity contribution >= 4 is 14.1 Å². The summed E-state index contributed by atoms with van der Waals surface area (Å²) in [6, 6.07) is 7.96. The lowest BCUT2D eigenvalue weighted by molar-refractivity contribution is -0.118. The van der Waals surface area contributed by atoms with Crippen LogP contribution in [0.15, 0.2) is 24.3 Å². The third-order valence-electron chi connectivity index (χ3n) is 3.90. The standard InChI is InChI=1S/C16H26O2Si/c1-7-14(17)12-13-8-10-15(11-9-13)18-19(5,6)16(2,3)4/h8-11H,7,12H2,1-6H3. The molecule has 1 aromatic rings. The molecule has 0 spiro atoms. The molecule has 0 saturated carbocycles. The molecule has 2 nitrogen and oxygen atoms in total. The van der Waals surface area contributed by atoms with Crippen molar-refractivity contribution < 1.29 is 9.22 Å². The topological polar surface area (TPSA) is 26.3 Å². The molecule has 0 saturated heterocycles. The van der Waals surface area contributed by atoms with Crippen LogP contribution in [0, 0.1) is 0 Å². The molecule has 0 N–H and O–H groups in total. The van der Waals surface area contributed by atoms with Crippen molar-refractivity contribution in [1.29, 1.82) is 0 Å². The zero-order valence-electron chi connectivity index (χ0n) is 13.0. The van der Waals surface area contributed by atoms with Gasteiger partial charge in [-0.3, -0.25) is 4.79 Å². The van der Waals surface area contributed by atoms with Crippen LogP contribution >= 0.6 is 0 Å². The van der Waals surface area contributed by atoms with E-state index in [-0.39, 0.29) is 10.8 Å². The van der Waals surface area contributed by atoms with E-state index in [4.69, 9.17) is 4.43 Å². The van der Waals surface area contributed by atoms with Crippen LogP contribution < -0.4 is 4.43 Å². The van der Waals surface area contributed by atoms with Gasteiger partial charge in [0.05, 0.1) is 0 Å². The lowest BCUT2D eigenvalue weighted by atomic mass is 10.1. The van der Waals surface area contributed by atoms with Crippen molar-refractivity contribution in [3.63, 3.8) is 0 Å². The Kier molecular flexibility index (Phi) is 4.96. The lowest BCUT2D eigenvalue weighted by Gasteiger charge is -2.36. The van der Waals surface area contributed by atoms with Gasteiger partial charge in [-0.25, -0.2) is 0 Å². The van der Waals surface area contributed by atoms with E-state index < -0.39 is 8.32 Å². The highest BCUT2D eigenvalue weighted by molar-refractivity contribution is 6.74. The van der Waals surface area contributed by atoms with E-state index in [1.54, 1.807) is 0 Å². The van der Waals surface area contributed by atoms with Gasteiger partial charge in [0, 0.05) is 12.8 Å². The number of Topliss-reactive ketones (excluding diaryl/α,β-unsaturated/α-hetero) is 1. The third kappa shape index (κ3) is 4.50. The van der Waals surface area contributed by atoms with Crippen molar-refractivity contribution in [3.8, 4) is 5.75 Å². The molecule has 0 aliphatic heterocycles. The Bertz CT molecular complexity index is 427. The van der Waals surface area contributed by atoms with Crippen LogP contribution in [-0.4, -0.2) is 14.1 Å². The number of carbonyl (C=O) groups excluding carboxylic acids is 1. The van der Waals surface area contributed by atoms with E-state index >= 15 is 0 Å². The van der Waals surface area contributed by atoms with Crippen molar-refractivity contribution in [3.05, 3.63) is 29.8 Å². The SMILES string of the molecule is CCC(=O)Cc1ccc(O[Si](C)(C)C(C)(C)C)cc1. The van der Waals surface area contributed by atoms with Crippen LogP contribution in [0.2, 0.25) is 18.1 Å². The van der Waals surface area contributed by atoms with Crippen LogP contribution in [0.5, 0.6) is 5.75 Å². The quantitative estimate of drug-likeness (QED) is 0.736. The van der Waals surface area contributed by atoms with Gasteiger partial charge in [0.15, 0.2) is 0 Å². The Morgan fingerprint density at radius 3 is 2.11 bits per heavy atom.